The molecular formula is C15H18ClN3OS. The first-order chi connectivity index (χ1) is 10.0. The van der Waals surface area contributed by atoms with E-state index in [2.05, 4.69) is 11.4 Å². The summed E-state index contributed by atoms with van der Waals surface area (Å²) in [6.07, 6.45) is 0.880. The molecule has 2 rings (SSSR count). The molecule has 0 aromatic heterocycles. The minimum atomic E-state index is -0.176. The molecule has 1 aromatic rings. The van der Waals surface area contributed by atoms with Gasteiger partial charge in [0.25, 0.3) is 0 Å². The van der Waals surface area contributed by atoms with Gasteiger partial charge in [-0.25, -0.2) is 4.79 Å². The van der Waals surface area contributed by atoms with Crippen LogP contribution in [0.3, 0.4) is 0 Å². The van der Waals surface area contributed by atoms with Crippen LogP contribution in [-0.4, -0.2) is 30.3 Å². The van der Waals surface area contributed by atoms with Gasteiger partial charge in [0, 0.05) is 29.3 Å². The van der Waals surface area contributed by atoms with Crippen molar-refractivity contribution >= 4 is 29.4 Å². The number of halogens is 1. The van der Waals surface area contributed by atoms with Crippen LogP contribution in [0.4, 0.5) is 4.79 Å². The van der Waals surface area contributed by atoms with Crippen molar-refractivity contribution in [2.45, 2.75) is 24.3 Å². The van der Waals surface area contributed by atoms with E-state index in [1.165, 1.54) is 4.90 Å². The first kappa shape index (κ1) is 16.0. The number of amides is 2. The average molecular weight is 324 g/mol. The number of hydrogen-bond acceptors (Lipinski definition) is 3. The van der Waals surface area contributed by atoms with Crippen LogP contribution in [0.5, 0.6) is 0 Å². The first-order valence-corrected chi connectivity index (χ1v) is 8.21. The van der Waals surface area contributed by atoms with Crippen LogP contribution in [0.25, 0.3) is 0 Å². The third kappa shape index (κ3) is 4.05. The van der Waals surface area contributed by atoms with E-state index >= 15 is 0 Å². The zero-order valence-electron chi connectivity index (χ0n) is 12.1. The maximum absolute atomic E-state index is 12.2. The molecule has 0 radical (unpaired) electrons. The van der Waals surface area contributed by atoms with Crippen LogP contribution < -0.4 is 5.32 Å². The number of nitriles is 1. The summed E-state index contributed by atoms with van der Waals surface area (Å²) in [5, 5.41) is 12.5. The van der Waals surface area contributed by atoms with E-state index in [1.807, 2.05) is 18.2 Å². The van der Waals surface area contributed by atoms with Crippen molar-refractivity contribution in [1.29, 1.82) is 5.26 Å². The highest BCUT2D eigenvalue weighted by molar-refractivity contribution is 7.99. The zero-order valence-corrected chi connectivity index (χ0v) is 13.7. The van der Waals surface area contributed by atoms with E-state index in [-0.39, 0.29) is 18.0 Å². The zero-order chi connectivity index (χ0) is 15.4. The van der Waals surface area contributed by atoms with E-state index in [4.69, 9.17) is 16.9 Å². The molecule has 0 saturated carbocycles. The lowest BCUT2D eigenvalue weighted by molar-refractivity contribution is 0.201. The minimum absolute atomic E-state index is 0.0210. The largest absolute Gasteiger partial charge is 0.331 e. The molecule has 112 valence electrons. The molecule has 0 aliphatic carbocycles. The maximum Gasteiger partial charge on any atom is 0.317 e. The van der Waals surface area contributed by atoms with Gasteiger partial charge in [0.1, 0.15) is 0 Å². The van der Waals surface area contributed by atoms with E-state index in [0.29, 0.717) is 11.6 Å². The van der Waals surface area contributed by atoms with Crippen LogP contribution in [0.15, 0.2) is 23.1 Å². The lowest BCUT2D eigenvalue weighted by atomic mass is 10.0. The van der Waals surface area contributed by atoms with Crippen LogP contribution >= 0.6 is 23.4 Å². The molecule has 1 aliphatic heterocycles. The van der Waals surface area contributed by atoms with Gasteiger partial charge in [-0.2, -0.15) is 5.26 Å². The monoisotopic (exact) mass is 323 g/mol. The Kier molecular flexibility index (Phi) is 5.38. The number of thioether (sulfide) groups is 1. The number of benzene rings is 1. The van der Waals surface area contributed by atoms with Gasteiger partial charge in [0.2, 0.25) is 0 Å². The second kappa shape index (κ2) is 7.06. The van der Waals surface area contributed by atoms with Gasteiger partial charge >= 0.3 is 6.03 Å². The van der Waals surface area contributed by atoms with Crippen LogP contribution in [0.2, 0.25) is 5.02 Å². The molecule has 0 bridgehead atoms. The number of carbonyl (C=O) groups excluding carboxylic acids is 1. The molecule has 1 heterocycles. The Balaban J connectivity index is 2.06. The molecule has 1 aromatic carbocycles. The van der Waals surface area contributed by atoms with Gasteiger partial charge in [-0.1, -0.05) is 11.6 Å². The lowest BCUT2D eigenvalue weighted by Crippen LogP contribution is -2.41. The van der Waals surface area contributed by atoms with E-state index in [1.54, 1.807) is 30.6 Å². The summed E-state index contributed by atoms with van der Waals surface area (Å²) in [6, 6.07) is 7.76. The van der Waals surface area contributed by atoms with Crippen molar-refractivity contribution in [3.05, 3.63) is 28.8 Å². The molecule has 0 fully saturated rings. The normalized spacial score (nSPS) is 18.3. The number of hydrogen-bond donors (Lipinski definition) is 1. The Labute approximate surface area is 134 Å². The summed E-state index contributed by atoms with van der Waals surface area (Å²) < 4.78 is 0. The number of nitrogens with one attached hydrogen (secondary N) is 1. The molecule has 1 aliphatic rings. The second-order valence-electron chi connectivity index (χ2n) is 5.23. The quantitative estimate of drug-likeness (QED) is 0.923. The lowest BCUT2D eigenvalue weighted by Gasteiger charge is -2.28. The van der Waals surface area contributed by atoms with Crippen molar-refractivity contribution in [2.75, 3.05) is 19.3 Å². The van der Waals surface area contributed by atoms with E-state index < -0.39 is 0 Å². The molecule has 2 amide bonds. The third-order valence-corrected chi connectivity index (χ3v) is 4.78. The minimum Gasteiger partial charge on any atom is -0.331 e. The van der Waals surface area contributed by atoms with Gasteiger partial charge in [0.05, 0.1) is 18.0 Å². The Morgan fingerprint density at radius 1 is 1.67 bits per heavy atom. The number of fused-ring (bicyclic) bond motifs is 1. The predicted octanol–water partition coefficient (Wildman–Crippen LogP) is 3.68. The fourth-order valence-electron chi connectivity index (χ4n) is 2.31. The Bertz CT molecular complexity index is 573. The summed E-state index contributed by atoms with van der Waals surface area (Å²) in [5.41, 5.74) is 1.08. The van der Waals surface area contributed by atoms with Crippen molar-refractivity contribution in [3.8, 4) is 6.07 Å². The average Bonchev–Trinajstić information content (AvgIpc) is 2.47. The predicted molar refractivity (Wildman–Crippen MR) is 85.5 cm³/mol. The van der Waals surface area contributed by atoms with Crippen LogP contribution in [0, 0.1) is 17.2 Å². The number of carbonyl (C=O) groups is 1. The van der Waals surface area contributed by atoms with Gasteiger partial charge in [-0.15, -0.1) is 11.8 Å². The van der Waals surface area contributed by atoms with E-state index in [9.17, 15) is 4.79 Å². The molecular weight excluding hydrogens is 306 g/mol. The van der Waals surface area contributed by atoms with Gasteiger partial charge < -0.3 is 10.2 Å². The Morgan fingerprint density at radius 2 is 2.43 bits per heavy atom. The number of nitrogens with zero attached hydrogens (tertiary/aromatic N) is 2. The SMILES string of the molecule is CC(C#N)CN(C)C(=O)NC1CCSc2ccc(Cl)cc21. The summed E-state index contributed by atoms with van der Waals surface area (Å²) in [6.45, 7) is 2.22. The number of rotatable bonds is 3. The fourth-order valence-corrected chi connectivity index (χ4v) is 3.60. The molecule has 0 spiro atoms. The highest BCUT2D eigenvalue weighted by Crippen LogP contribution is 2.37. The van der Waals surface area contributed by atoms with Gasteiger partial charge in [-0.3, -0.25) is 0 Å². The standard InChI is InChI=1S/C15H18ClN3OS/c1-10(8-17)9-19(2)15(20)18-13-5-6-21-14-4-3-11(16)7-12(13)14/h3-4,7,10,13H,5-6,9H2,1-2H3,(H,18,20). The summed E-state index contributed by atoms with van der Waals surface area (Å²) in [4.78, 5) is 14.9. The molecule has 0 saturated heterocycles. The van der Waals surface area contributed by atoms with Crippen molar-refractivity contribution < 1.29 is 4.79 Å². The molecule has 6 heteroatoms. The highest BCUT2D eigenvalue weighted by Gasteiger charge is 2.24. The van der Waals surface area contributed by atoms with E-state index in [0.717, 1.165) is 17.7 Å². The Hall–Kier alpha value is -1.38. The van der Waals surface area contributed by atoms with Crippen molar-refractivity contribution in [1.82, 2.24) is 10.2 Å². The highest BCUT2D eigenvalue weighted by atomic mass is 35.5. The Morgan fingerprint density at radius 3 is 3.14 bits per heavy atom. The van der Waals surface area contributed by atoms with Crippen LogP contribution in [0.1, 0.15) is 24.9 Å². The maximum atomic E-state index is 12.2. The van der Waals surface area contributed by atoms with Gasteiger partial charge in [0.15, 0.2) is 0 Å². The van der Waals surface area contributed by atoms with Crippen molar-refractivity contribution in [2.24, 2.45) is 5.92 Å². The molecule has 2 atom stereocenters. The summed E-state index contributed by atoms with van der Waals surface area (Å²) >= 11 is 7.84. The van der Waals surface area contributed by atoms with Crippen LogP contribution in [-0.2, 0) is 0 Å². The molecule has 4 nitrogen and oxygen atoms in total. The third-order valence-electron chi connectivity index (χ3n) is 3.42. The first-order valence-electron chi connectivity index (χ1n) is 6.84. The van der Waals surface area contributed by atoms with Crippen molar-refractivity contribution in [3.63, 3.8) is 0 Å². The molecule has 1 N–H and O–H groups in total. The summed E-state index contributed by atoms with van der Waals surface area (Å²) in [7, 11) is 1.71. The van der Waals surface area contributed by atoms with Gasteiger partial charge in [-0.05, 0) is 37.1 Å². The number of urea groups is 1. The second-order valence-corrected chi connectivity index (χ2v) is 6.81. The smallest absolute Gasteiger partial charge is 0.317 e. The molecule has 2 unspecified atom stereocenters. The topological polar surface area (TPSA) is 56.1 Å². The molecule has 21 heavy (non-hydrogen) atoms. The fraction of sp³-hybridized carbons (Fsp3) is 0.467. The summed E-state index contributed by atoms with van der Waals surface area (Å²) in [5.74, 6) is 0.794.